The molecule has 0 saturated carbocycles. The summed E-state index contributed by atoms with van der Waals surface area (Å²) in [5.41, 5.74) is 2.15. The van der Waals surface area contributed by atoms with Crippen LogP contribution in [0.25, 0.3) is 0 Å². The van der Waals surface area contributed by atoms with Crippen molar-refractivity contribution in [3.63, 3.8) is 0 Å². The molecule has 0 unspecified atom stereocenters. The molecule has 2 aromatic rings. The highest BCUT2D eigenvalue weighted by molar-refractivity contribution is 7.80. The molecule has 1 saturated heterocycles. The van der Waals surface area contributed by atoms with E-state index in [1.54, 1.807) is 13.3 Å². The first kappa shape index (κ1) is 14.7. The fourth-order valence-electron chi connectivity index (χ4n) is 2.48. The van der Waals surface area contributed by atoms with Crippen molar-refractivity contribution >= 4 is 23.0 Å². The summed E-state index contributed by atoms with van der Waals surface area (Å²) in [5.74, 6) is 0.815. The number of methoxy groups -OCH3 is 1. The Bertz CT molecular complexity index is 650. The van der Waals surface area contributed by atoms with Crippen LogP contribution in [0.1, 0.15) is 5.56 Å². The summed E-state index contributed by atoms with van der Waals surface area (Å²) in [4.78, 5) is 8.48. The molecule has 0 bridgehead atoms. The smallest absolute Gasteiger partial charge is 0.175 e. The predicted molar refractivity (Wildman–Crippen MR) is 90.7 cm³/mol. The van der Waals surface area contributed by atoms with Crippen molar-refractivity contribution in [2.24, 2.45) is 0 Å². The molecular weight excluding hydrogens is 296 g/mol. The number of thiocarbonyl (C=S) groups is 1. The number of hydrogen-bond donors (Lipinski definition) is 1. The fourth-order valence-corrected chi connectivity index (χ4v) is 2.70. The van der Waals surface area contributed by atoms with Crippen LogP contribution in [0.15, 0.2) is 48.8 Å². The highest BCUT2D eigenvalue weighted by atomic mass is 32.1. The monoisotopic (exact) mass is 314 g/mol. The molecule has 3 rings (SSSR count). The van der Waals surface area contributed by atoms with Gasteiger partial charge in [0.2, 0.25) is 0 Å². The SMILES string of the molecule is COc1ccccc1N1CN(Cc2cccnc2)CNC1=S. The van der Waals surface area contributed by atoms with Gasteiger partial charge < -0.3 is 15.0 Å². The Morgan fingerprint density at radius 1 is 1.27 bits per heavy atom. The number of rotatable bonds is 4. The topological polar surface area (TPSA) is 40.6 Å². The van der Waals surface area contributed by atoms with Crippen LogP contribution in [-0.4, -0.2) is 35.4 Å². The normalized spacial score (nSPS) is 15.5. The minimum atomic E-state index is 0.709. The van der Waals surface area contributed by atoms with Crippen molar-refractivity contribution in [2.45, 2.75) is 6.54 Å². The van der Waals surface area contributed by atoms with Gasteiger partial charge in [-0.05, 0) is 36.0 Å². The number of benzene rings is 1. The van der Waals surface area contributed by atoms with E-state index in [0.717, 1.165) is 24.7 Å². The van der Waals surface area contributed by atoms with Gasteiger partial charge in [0, 0.05) is 18.9 Å². The van der Waals surface area contributed by atoms with E-state index in [1.807, 2.05) is 41.4 Å². The summed E-state index contributed by atoms with van der Waals surface area (Å²) in [6.45, 7) is 2.25. The summed E-state index contributed by atoms with van der Waals surface area (Å²) < 4.78 is 5.44. The molecule has 0 spiro atoms. The van der Waals surface area contributed by atoms with Crippen LogP contribution in [0.2, 0.25) is 0 Å². The lowest BCUT2D eigenvalue weighted by atomic mass is 10.2. The molecular formula is C16H18N4OS. The second-order valence-electron chi connectivity index (χ2n) is 5.07. The Labute approximate surface area is 135 Å². The Hall–Kier alpha value is -2.18. The molecule has 0 atom stereocenters. The number of ether oxygens (including phenoxy) is 1. The predicted octanol–water partition coefficient (Wildman–Crippen LogP) is 2.20. The van der Waals surface area contributed by atoms with Crippen LogP contribution in [0.4, 0.5) is 5.69 Å². The first-order chi connectivity index (χ1) is 10.8. The number of para-hydroxylation sites is 2. The van der Waals surface area contributed by atoms with Gasteiger partial charge in [0.15, 0.2) is 5.11 Å². The zero-order valence-electron chi connectivity index (χ0n) is 12.4. The lowest BCUT2D eigenvalue weighted by Gasteiger charge is -2.38. The van der Waals surface area contributed by atoms with E-state index in [0.29, 0.717) is 11.8 Å². The van der Waals surface area contributed by atoms with Gasteiger partial charge in [0.1, 0.15) is 5.75 Å². The van der Waals surface area contributed by atoms with Crippen LogP contribution < -0.4 is 15.0 Å². The maximum atomic E-state index is 5.45. The number of nitrogens with one attached hydrogen (secondary N) is 1. The van der Waals surface area contributed by atoms with Gasteiger partial charge in [-0.25, -0.2) is 0 Å². The first-order valence-corrected chi connectivity index (χ1v) is 7.48. The van der Waals surface area contributed by atoms with Gasteiger partial charge in [0.05, 0.1) is 26.1 Å². The van der Waals surface area contributed by atoms with Crippen LogP contribution in [0.3, 0.4) is 0 Å². The number of anilines is 1. The maximum Gasteiger partial charge on any atom is 0.175 e. The Morgan fingerprint density at radius 3 is 2.91 bits per heavy atom. The van der Waals surface area contributed by atoms with Crippen LogP contribution in [0, 0.1) is 0 Å². The van der Waals surface area contributed by atoms with Gasteiger partial charge in [-0.3, -0.25) is 9.88 Å². The molecule has 22 heavy (non-hydrogen) atoms. The fraction of sp³-hybridized carbons (Fsp3) is 0.250. The lowest BCUT2D eigenvalue weighted by molar-refractivity contribution is 0.251. The molecule has 1 N–H and O–H groups in total. The van der Waals surface area contributed by atoms with E-state index < -0.39 is 0 Å². The quantitative estimate of drug-likeness (QED) is 0.873. The van der Waals surface area contributed by atoms with E-state index in [1.165, 1.54) is 5.56 Å². The molecule has 0 aliphatic carbocycles. The number of pyridine rings is 1. The van der Waals surface area contributed by atoms with Crippen molar-refractivity contribution in [2.75, 3.05) is 25.3 Å². The molecule has 2 heterocycles. The van der Waals surface area contributed by atoms with Crippen LogP contribution >= 0.6 is 12.2 Å². The van der Waals surface area contributed by atoms with Gasteiger partial charge >= 0.3 is 0 Å². The lowest BCUT2D eigenvalue weighted by Crippen LogP contribution is -2.56. The van der Waals surface area contributed by atoms with Crippen molar-refractivity contribution < 1.29 is 4.74 Å². The molecule has 5 nitrogen and oxygen atoms in total. The molecule has 1 aromatic carbocycles. The van der Waals surface area contributed by atoms with E-state index in [2.05, 4.69) is 21.3 Å². The number of nitrogens with zero attached hydrogens (tertiary/aromatic N) is 3. The van der Waals surface area contributed by atoms with Gasteiger partial charge in [-0.15, -0.1) is 0 Å². The molecule has 1 aliphatic heterocycles. The average molecular weight is 314 g/mol. The molecule has 0 radical (unpaired) electrons. The van der Waals surface area contributed by atoms with Gasteiger partial charge in [-0.1, -0.05) is 18.2 Å². The minimum absolute atomic E-state index is 0.709. The first-order valence-electron chi connectivity index (χ1n) is 7.07. The van der Waals surface area contributed by atoms with Gasteiger partial charge in [0.25, 0.3) is 0 Å². The van der Waals surface area contributed by atoms with E-state index in [4.69, 9.17) is 17.0 Å². The van der Waals surface area contributed by atoms with Crippen molar-refractivity contribution in [1.82, 2.24) is 15.2 Å². The largest absolute Gasteiger partial charge is 0.495 e. The summed E-state index contributed by atoms with van der Waals surface area (Å²) in [6, 6.07) is 11.9. The Kier molecular flexibility index (Phi) is 4.50. The van der Waals surface area contributed by atoms with Crippen molar-refractivity contribution in [3.8, 4) is 5.75 Å². The van der Waals surface area contributed by atoms with Crippen molar-refractivity contribution in [3.05, 3.63) is 54.4 Å². The highest BCUT2D eigenvalue weighted by Crippen LogP contribution is 2.29. The molecule has 1 aromatic heterocycles. The van der Waals surface area contributed by atoms with Crippen LogP contribution in [0.5, 0.6) is 5.75 Å². The summed E-state index contributed by atoms with van der Waals surface area (Å²) in [6.07, 6.45) is 3.68. The Morgan fingerprint density at radius 2 is 2.14 bits per heavy atom. The zero-order valence-corrected chi connectivity index (χ0v) is 13.2. The van der Waals surface area contributed by atoms with E-state index in [9.17, 15) is 0 Å². The third-order valence-electron chi connectivity index (χ3n) is 3.55. The molecule has 0 amide bonds. The third kappa shape index (κ3) is 3.18. The summed E-state index contributed by atoms with van der Waals surface area (Å²) >= 11 is 5.45. The minimum Gasteiger partial charge on any atom is -0.495 e. The molecule has 1 fully saturated rings. The number of hydrogen-bond acceptors (Lipinski definition) is 4. The summed E-state index contributed by atoms with van der Waals surface area (Å²) in [7, 11) is 1.67. The second kappa shape index (κ2) is 6.72. The Balaban J connectivity index is 1.78. The average Bonchev–Trinajstić information content (AvgIpc) is 2.57. The number of aromatic nitrogens is 1. The van der Waals surface area contributed by atoms with E-state index in [-0.39, 0.29) is 0 Å². The summed E-state index contributed by atoms with van der Waals surface area (Å²) in [5, 5.41) is 3.97. The molecule has 114 valence electrons. The van der Waals surface area contributed by atoms with Crippen molar-refractivity contribution in [1.29, 1.82) is 0 Å². The zero-order chi connectivity index (χ0) is 15.4. The third-order valence-corrected chi connectivity index (χ3v) is 3.91. The standard InChI is InChI=1S/C16H18N4OS/c1-21-15-7-3-2-6-14(15)20-12-19(11-18-16(20)22)10-13-5-4-8-17-9-13/h2-9H,10-12H2,1H3,(H,18,22). The van der Waals surface area contributed by atoms with Gasteiger partial charge in [-0.2, -0.15) is 0 Å². The maximum absolute atomic E-state index is 5.45. The second-order valence-corrected chi connectivity index (χ2v) is 5.46. The highest BCUT2D eigenvalue weighted by Gasteiger charge is 2.23. The van der Waals surface area contributed by atoms with Crippen LogP contribution in [-0.2, 0) is 6.54 Å². The molecule has 6 heteroatoms. The molecule has 1 aliphatic rings. The van der Waals surface area contributed by atoms with E-state index >= 15 is 0 Å².